The van der Waals surface area contributed by atoms with Crippen LogP contribution in [-0.2, 0) is 20.9 Å². The van der Waals surface area contributed by atoms with E-state index in [4.69, 9.17) is 9.47 Å². The van der Waals surface area contributed by atoms with Crippen molar-refractivity contribution >= 4 is 5.78 Å². The molecular formula is C12H14O5. The van der Waals surface area contributed by atoms with E-state index in [0.29, 0.717) is 0 Å². The Kier molecular flexibility index (Phi) is 3.86. The summed E-state index contributed by atoms with van der Waals surface area (Å²) < 4.78 is 10.3. The second kappa shape index (κ2) is 5.37. The fourth-order valence-corrected chi connectivity index (χ4v) is 1.59. The van der Waals surface area contributed by atoms with Crippen molar-refractivity contribution < 1.29 is 24.5 Å². The average Bonchev–Trinajstić information content (AvgIpc) is 2.36. The Hall–Kier alpha value is -1.27. The van der Waals surface area contributed by atoms with Crippen molar-refractivity contribution in [3.63, 3.8) is 0 Å². The largest absolute Gasteiger partial charge is 0.385 e. The third-order valence-electron chi connectivity index (χ3n) is 2.58. The third kappa shape index (κ3) is 2.89. The minimum Gasteiger partial charge on any atom is -0.385 e. The van der Waals surface area contributed by atoms with Gasteiger partial charge in [-0.05, 0) is 5.56 Å². The molecule has 3 atom stereocenters. The first kappa shape index (κ1) is 12.2. The van der Waals surface area contributed by atoms with Crippen LogP contribution in [0.25, 0.3) is 0 Å². The van der Waals surface area contributed by atoms with Crippen molar-refractivity contribution in [2.75, 3.05) is 6.61 Å². The minimum absolute atomic E-state index is 0.238. The van der Waals surface area contributed by atoms with Gasteiger partial charge in [-0.1, -0.05) is 30.3 Å². The quantitative estimate of drug-likeness (QED) is 0.766. The highest BCUT2D eigenvalue weighted by Crippen LogP contribution is 2.15. The predicted octanol–water partition coefficient (Wildman–Crippen LogP) is -0.150. The van der Waals surface area contributed by atoms with Gasteiger partial charge in [-0.3, -0.25) is 4.79 Å². The summed E-state index contributed by atoms with van der Waals surface area (Å²) in [6, 6.07) is 9.37. The van der Waals surface area contributed by atoms with Crippen molar-refractivity contribution in [3.8, 4) is 0 Å². The summed E-state index contributed by atoms with van der Waals surface area (Å²) in [5.41, 5.74) is 0.926. The van der Waals surface area contributed by atoms with Gasteiger partial charge in [0.25, 0.3) is 0 Å². The maximum absolute atomic E-state index is 11.0. The number of rotatable bonds is 3. The summed E-state index contributed by atoms with van der Waals surface area (Å²) in [6.07, 6.45) is -3.73. The number of Topliss-reactive ketones (excluding diaryl/α,β-unsaturated/α-hetero) is 1. The number of carbonyl (C=O) groups is 1. The van der Waals surface area contributed by atoms with E-state index in [-0.39, 0.29) is 13.2 Å². The molecule has 0 amide bonds. The molecule has 0 aliphatic carbocycles. The minimum atomic E-state index is -1.43. The molecule has 1 aromatic rings. The van der Waals surface area contributed by atoms with Crippen molar-refractivity contribution in [3.05, 3.63) is 35.9 Å². The SMILES string of the molecule is O=C1CO[C@@H](OCc2ccccc2)[C@@H](O)[C@@H]1O. The van der Waals surface area contributed by atoms with Gasteiger partial charge in [0.05, 0.1) is 6.61 Å². The molecule has 92 valence electrons. The maximum Gasteiger partial charge on any atom is 0.189 e. The highest BCUT2D eigenvalue weighted by Gasteiger charge is 2.37. The predicted molar refractivity (Wildman–Crippen MR) is 58.0 cm³/mol. The molecule has 0 spiro atoms. The zero-order valence-electron chi connectivity index (χ0n) is 9.15. The van der Waals surface area contributed by atoms with Crippen LogP contribution in [0.4, 0.5) is 0 Å². The van der Waals surface area contributed by atoms with Crippen molar-refractivity contribution in [1.82, 2.24) is 0 Å². The molecule has 0 radical (unpaired) electrons. The molecule has 1 fully saturated rings. The zero-order chi connectivity index (χ0) is 12.3. The molecule has 1 saturated heterocycles. The highest BCUT2D eigenvalue weighted by atomic mass is 16.7. The van der Waals surface area contributed by atoms with Gasteiger partial charge in [0.2, 0.25) is 0 Å². The number of carbonyl (C=O) groups excluding carboxylic acids is 1. The van der Waals surface area contributed by atoms with Gasteiger partial charge in [0, 0.05) is 0 Å². The molecule has 0 unspecified atom stereocenters. The summed E-state index contributed by atoms with van der Waals surface area (Å²) in [5.74, 6) is -0.530. The van der Waals surface area contributed by atoms with E-state index < -0.39 is 24.3 Å². The van der Waals surface area contributed by atoms with Crippen LogP contribution in [0.2, 0.25) is 0 Å². The molecule has 2 rings (SSSR count). The Bertz CT molecular complexity index is 378. The molecule has 17 heavy (non-hydrogen) atoms. The molecule has 5 heteroatoms. The first-order valence-corrected chi connectivity index (χ1v) is 5.34. The van der Waals surface area contributed by atoms with Crippen LogP contribution in [0, 0.1) is 0 Å². The molecular weight excluding hydrogens is 224 g/mol. The average molecular weight is 238 g/mol. The van der Waals surface area contributed by atoms with E-state index in [9.17, 15) is 15.0 Å². The second-order valence-corrected chi connectivity index (χ2v) is 3.88. The Labute approximate surface area is 98.6 Å². The number of benzene rings is 1. The lowest BCUT2D eigenvalue weighted by Crippen LogP contribution is -2.51. The monoisotopic (exact) mass is 238 g/mol. The number of aliphatic hydroxyl groups is 2. The zero-order valence-corrected chi connectivity index (χ0v) is 9.15. The van der Waals surface area contributed by atoms with E-state index in [1.807, 2.05) is 30.3 Å². The van der Waals surface area contributed by atoms with Crippen LogP contribution in [-0.4, -0.2) is 41.1 Å². The fraction of sp³-hybridized carbons (Fsp3) is 0.417. The number of hydrogen-bond acceptors (Lipinski definition) is 5. The van der Waals surface area contributed by atoms with Crippen LogP contribution in [0.15, 0.2) is 30.3 Å². The lowest BCUT2D eigenvalue weighted by atomic mass is 10.1. The van der Waals surface area contributed by atoms with Crippen LogP contribution in [0.3, 0.4) is 0 Å². The van der Waals surface area contributed by atoms with E-state index in [0.717, 1.165) is 5.56 Å². The van der Waals surface area contributed by atoms with E-state index in [1.54, 1.807) is 0 Å². The number of aliphatic hydroxyl groups excluding tert-OH is 2. The van der Waals surface area contributed by atoms with Gasteiger partial charge in [-0.25, -0.2) is 0 Å². The molecule has 0 saturated carbocycles. The third-order valence-corrected chi connectivity index (χ3v) is 2.58. The number of hydrogen-bond donors (Lipinski definition) is 2. The number of ketones is 1. The summed E-state index contributed by atoms with van der Waals surface area (Å²) >= 11 is 0. The van der Waals surface area contributed by atoms with Crippen LogP contribution in [0.1, 0.15) is 5.56 Å². The molecule has 1 aliphatic heterocycles. The van der Waals surface area contributed by atoms with Gasteiger partial charge in [0.1, 0.15) is 18.8 Å². The van der Waals surface area contributed by atoms with Gasteiger partial charge < -0.3 is 19.7 Å². The summed E-state index contributed by atoms with van der Waals surface area (Å²) in [7, 11) is 0. The van der Waals surface area contributed by atoms with Crippen LogP contribution in [0.5, 0.6) is 0 Å². The lowest BCUT2D eigenvalue weighted by molar-refractivity contribution is -0.238. The highest BCUT2D eigenvalue weighted by molar-refractivity contribution is 5.85. The van der Waals surface area contributed by atoms with Crippen molar-refractivity contribution in [1.29, 1.82) is 0 Å². The fourth-order valence-electron chi connectivity index (χ4n) is 1.59. The molecule has 1 aromatic carbocycles. The summed E-state index contributed by atoms with van der Waals surface area (Å²) in [5, 5.41) is 18.9. The van der Waals surface area contributed by atoms with Gasteiger partial charge in [-0.15, -0.1) is 0 Å². The van der Waals surface area contributed by atoms with Crippen LogP contribution >= 0.6 is 0 Å². The standard InChI is InChI=1S/C12H14O5/c13-9-7-17-12(11(15)10(9)14)16-6-8-4-2-1-3-5-8/h1-5,10-12,14-15H,6-7H2/t10-,11+,12-/m1/s1. The molecule has 5 nitrogen and oxygen atoms in total. The Balaban J connectivity index is 1.89. The van der Waals surface area contributed by atoms with E-state index >= 15 is 0 Å². The lowest BCUT2D eigenvalue weighted by Gasteiger charge is -2.30. The molecule has 1 aliphatic rings. The molecule has 2 N–H and O–H groups in total. The maximum atomic E-state index is 11.0. The topological polar surface area (TPSA) is 76.0 Å². The number of ether oxygens (including phenoxy) is 2. The first-order valence-electron chi connectivity index (χ1n) is 5.34. The smallest absolute Gasteiger partial charge is 0.189 e. The van der Waals surface area contributed by atoms with E-state index in [1.165, 1.54) is 0 Å². The molecule has 1 heterocycles. The van der Waals surface area contributed by atoms with Gasteiger partial charge >= 0.3 is 0 Å². The summed E-state index contributed by atoms with van der Waals surface area (Å²) in [4.78, 5) is 11.0. The summed E-state index contributed by atoms with van der Waals surface area (Å²) in [6.45, 7) is 0.0150. The normalized spacial score (nSPS) is 29.3. The second-order valence-electron chi connectivity index (χ2n) is 3.88. The van der Waals surface area contributed by atoms with Crippen molar-refractivity contribution in [2.45, 2.75) is 25.1 Å². The van der Waals surface area contributed by atoms with Crippen LogP contribution < -0.4 is 0 Å². The van der Waals surface area contributed by atoms with Gasteiger partial charge in [0.15, 0.2) is 12.1 Å². The van der Waals surface area contributed by atoms with Gasteiger partial charge in [-0.2, -0.15) is 0 Å². The Morgan fingerprint density at radius 3 is 2.71 bits per heavy atom. The molecule has 0 bridgehead atoms. The Morgan fingerprint density at radius 2 is 2.00 bits per heavy atom. The Morgan fingerprint density at radius 1 is 1.29 bits per heavy atom. The molecule has 0 aromatic heterocycles. The first-order chi connectivity index (χ1) is 8.18. The van der Waals surface area contributed by atoms with E-state index in [2.05, 4.69) is 0 Å². The van der Waals surface area contributed by atoms with Crippen molar-refractivity contribution in [2.24, 2.45) is 0 Å².